The van der Waals surface area contributed by atoms with E-state index in [0.717, 1.165) is 5.56 Å². The summed E-state index contributed by atoms with van der Waals surface area (Å²) in [6.07, 6.45) is -1.59. The molecule has 0 amide bonds. The number of aliphatic hydroxyl groups excluding tert-OH is 2. The average Bonchev–Trinajstić information content (AvgIpc) is 2.15. The summed E-state index contributed by atoms with van der Waals surface area (Å²) in [5.74, 6) is 0.373. The topological polar surface area (TPSA) is 60.7 Å². The van der Waals surface area contributed by atoms with Gasteiger partial charge < -0.3 is 15.3 Å². The van der Waals surface area contributed by atoms with Crippen LogP contribution in [-0.2, 0) is 0 Å². The lowest BCUT2D eigenvalue weighted by Crippen LogP contribution is -2.18. The molecule has 1 rings (SSSR count). The van der Waals surface area contributed by atoms with E-state index in [-0.39, 0.29) is 11.6 Å². The third kappa shape index (κ3) is 3.38. The van der Waals surface area contributed by atoms with Gasteiger partial charge in [-0.15, -0.1) is 11.6 Å². The molecule has 0 saturated heterocycles. The summed E-state index contributed by atoms with van der Waals surface area (Å²) in [6, 6.07) is 4.75. The zero-order valence-corrected chi connectivity index (χ0v) is 9.28. The number of benzene rings is 1. The van der Waals surface area contributed by atoms with Gasteiger partial charge in [0.2, 0.25) is 0 Å². The van der Waals surface area contributed by atoms with Crippen LogP contribution in [0.4, 0.5) is 0 Å². The summed E-state index contributed by atoms with van der Waals surface area (Å²) in [4.78, 5) is 0. The molecule has 1 aromatic rings. The molecule has 0 bridgehead atoms. The number of alkyl halides is 1. The Morgan fingerprint density at radius 1 is 1.27 bits per heavy atom. The maximum atomic E-state index is 9.75. The highest BCUT2D eigenvalue weighted by atomic mass is 35.5. The predicted octanol–water partition coefficient (Wildman–Crippen LogP) is 1.72. The first-order chi connectivity index (χ1) is 7.04. The summed E-state index contributed by atoms with van der Waals surface area (Å²) < 4.78 is 0. The number of phenols is 1. The number of hydrogen-bond acceptors (Lipinski definition) is 3. The highest BCUT2D eigenvalue weighted by molar-refractivity contribution is 6.17. The van der Waals surface area contributed by atoms with E-state index in [1.54, 1.807) is 12.1 Å². The molecule has 1 aromatic carbocycles. The van der Waals surface area contributed by atoms with Gasteiger partial charge in [0.1, 0.15) is 11.9 Å². The zero-order chi connectivity index (χ0) is 11.4. The van der Waals surface area contributed by atoms with Gasteiger partial charge in [-0.3, -0.25) is 0 Å². The van der Waals surface area contributed by atoms with Gasteiger partial charge >= 0.3 is 0 Å². The molecule has 0 aliphatic carbocycles. The molecular weight excluding hydrogens is 216 g/mol. The molecule has 15 heavy (non-hydrogen) atoms. The monoisotopic (exact) mass is 230 g/mol. The van der Waals surface area contributed by atoms with Crippen molar-refractivity contribution in [1.29, 1.82) is 0 Å². The second-order valence-electron chi connectivity index (χ2n) is 3.59. The van der Waals surface area contributed by atoms with Gasteiger partial charge in [-0.25, -0.2) is 0 Å². The van der Waals surface area contributed by atoms with Crippen LogP contribution in [0.5, 0.6) is 5.75 Å². The Hall–Kier alpha value is -0.770. The van der Waals surface area contributed by atoms with Crippen molar-refractivity contribution in [2.75, 3.05) is 5.88 Å². The molecule has 3 N–H and O–H groups in total. The van der Waals surface area contributed by atoms with Gasteiger partial charge in [0.05, 0.1) is 6.10 Å². The van der Waals surface area contributed by atoms with Crippen molar-refractivity contribution in [2.45, 2.75) is 25.6 Å². The minimum Gasteiger partial charge on any atom is -0.508 e. The Morgan fingerprint density at radius 3 is 2.47 bits per heavy atom. The van der Waals surface area contributed by atoms with Crippen molar-refractivity contribution in [1.82, 2.24) is 0 Å². The summed E-state index contributed by atoms with van der Waals surface area (Å²) in [5, 5.41) is 28.6. The minimum atomic E-state index is -1.01. The molecule has 0 spiro atoms. The first kappa shape index (κ1) is 12.3. The molecule has 84 valence electrons. The van der Waals surface area contributed by atoms with E-state index in [1.165, 1.54) is 6.07 Å². The summed E-state index contributed by atoms with van der Waals surface area (Å²) in [7, 11) is 0. The standard InChI is InChI=1S/C11H15ClO3/c1-7-4-8(6-9(13)5-7)11(15)10(14)2-3-12/h4-6,10-11,13-15H,2-3H2,1H3. The Bertz CT molecular complexity index is 307. The maximum Gasteiger partial charge on any atom is 0.116 e. The SMILES string of the molecule is Cc1cc(O)cc(C(O)C(O)CCCl)c1. The number of aryl methyl sites for hydroxylation is 1. The third-order valence-corrected chi connectivity index (χ3v) is 2.41. The molecule has 0 heterocycles. The van der Waals surface area contributed by atoms with Crippen molar-refractivity contribution in [3.63, 3.8) is 0 Å². The Kier molecular flexibility index (Phi) is 4.39. The van der Waals surface area contributed by atoms with Gasteiger partial charge in [-0.05, 0) is 36.6 Å². The van der Waals surface area contributed by atoms with Crippen molar-refractivity contribution >= 4 is 11.6 Å². The Labute approximate surface area is 93.9 Å². The zero-order valence-electron chi connectivity index (χ0n) is 8.52. The van der Waals surface area contributed by atoms with Gasteiger partial charge in [0, 0.05) is 5.88 Å². The van der Waals surface area contributed by atoms with E-state index < -0.39 is 12.2 Å². The van der Waals surface area contributed by atoms with Crippen LogP contribution >= 0.6 is 11.6 Å². The summed E-state index contributed by atoms with van der Waals surface area (Å²) in [6.45, 7) is 1.81. The van der Waals surface area contributed by atoms with E-state index in [2.05, 4.69) is 0 Å². The van der Waals surface area contributed by atoms with E-state index in [9.17, 15) is 15.3 Å². The summed E-state index contributed by atoms with van der Waals surface area (Å²) in [5.41, 5.74) is 1.34. The first-order valence-electron chi connectivity index (χ1n) is 4.77. The highest BCUT2D eigenvalue weighted by Gasteiger charge is 2.18. The van der Waals surface area contributed by atoms with E-state index >= 15 is 0 Å². The van der Waals surface area contributed by atoms with Crippen LogP contribution in [0, 0.1) is 6.92 Å². The molecule has 2 atom stereocenters. The van der Waals surface area contributed by atoms with Crippen molar-refractivity contribution in [3.8, 4) is 5.75 Å². The van der Waals surface area contributed by atoms with E-state index in [4.69, 9.17) is 11.6 Å². The van der Waals surface area contributed by atoms with Crippen LogP contribution in [0.1, 0.15) is 23.7 Å². The van der Waals surface area contributed by atoms with E-state index in [1.807, 2.05) is 6.92 Å². The Balaban J connectivity index is 2.85. The predicted molar refractivity (Wildman–Crippen MR) is 59.1 cm³/mol. The number of rotatable bonds is 4. The molecule has 0 aliphatic heterocycles. The average molecular weight is 231 g/mol. The maximum absolute atomic E-state index is 9.75. The third-order valence-electron chi connectivity index (χ3n) is 2.20. The minimum absolute atomic E-state index is 0.0853. The lowest BCUT2D eigenvalue weighted by Gasteiger charge is -2.17. The van der Waals surface area contributed by atoms with Crippen LogP contribution in [-0.4, -0.2) is 27.3 Å². The molecule has 0 saturated carbocycles. The number of aromatic hydroxyl groups is 1. The van der Waals surface area contributed by atoms with Crippen LogP contribution in [0.3, 0.4) is 0 Å². The molecule has 0 aliphatic rings. The number of phenolic OH excluding ortho intramolecular Hbond substituents is 1. The van der Waals surface area contributed by atoms with Crippen LogP contribution in [0.25, 0.3) is 0 Å². The fourth-order valence-corrected chi connectivity index (χ4v) is 1.68. The van der Waals surface area contributed by atoms with Crippen LogP contribution in [0.15, 0.2) is 18.2 Å². The first-order valence-corrected chi connectivity index (χ1v) is 5.30. The Morgan fingerprint density at radius 2 is 1.93 bits per heavy atom. The molecule has 0 radical (unpaired) electrons. The highest BCUT2D eigenvalue weighted by Crippen LogP contribution is 2.24. The number of aliphatic hydroxyl groups is 2. The normalized spacial score (nSPS) is 14.9. The fourth-order valence-electron chi connectivity index (χ4n) is 1.45. The lowest BCUT2D eigenvalue weighted by molar-refractivity contribution is 0.0169. The second-order valence-corrected chi connectivity index (χ2v) is 3.97. The number of hydrogen-bond donors (Lipinski definition) is 3. The number of halogens is 1. The second kappa shape index (κ2) is 5.35. The summed E-state index contributed by atoms with van der Waals surface area (Å²) >= 11 is 5.47. The van der Waals surface area contributed by atoms with Crippen molar-refractivity contribution < 1.29 is 15.3 Å². The van der Waals surface area contributed by atoms with Crippen LogP contribution in [0.2, 0.25) is 0 Å². The molecule has 0 aromatic heterocycles. The van der Waals surface area contributed by atoms with Gasteiger partial charge in [-0.1, -0.05) is 6.07 Å². The van der Waals surface area contributed by atoms with Crippen LogP contribution < -0.4 is 0 Å². The van der Waals surface area contributed by atoms with Crippen molar-refractivity contribution in [2.24, 2.45) is 0 Å². The molecule has 4 heteroatoms. The molecule has 3 nitrogen and oxygen atoms in total. The fraction of sp³-hybridized carbons (Fsp3) is 0.455. The largest absolute Gasteiger partial charge is 0.508 e. The van der Waals surface area contributed by atoms with Gasteiger partial charge in [0.15, 0.2) is 0 Å². The molecule has 0 fully saturated rings. The van der Waals surface area contributed by atoms with E-state index in [0.29, 0.717) is 12.0 Å². The molecular formula is C11H15ClO3. The molecule has 2 unspecified atom stereocenters. The van der Waals surface area contributed by atoms with Gasteiger partial charge in [-0.2, -0.15) is 0 Å². The lowest BCUT2D eigenvalue weighted by atomic mass is 10.0. The van der Waals surface area contributed by atoms with Gasteiger partial charge in [0.25, 0.3) is 0 Å². The van der Waals surface area contributed by atoms with Crippen molar-refractivity contribution in [3.05, 3.63) is 29.3 Å². The quantitative estimate of drug-likeness (QED) is 0.691. The smallest absolute Gasteiger partial charge is 0.116 e.